The van der Waals surface area contributed by atoms with Crippen LogP contribution >= 0.6 is 0 Å². The molecule has 1 heterocycles. The molecule has 1 aromatic carbocycles. The minimum atomic E-state index is -1.27. The van der Waals surface area contributed by atoms with Gasteiger partial charge in [0.25, 0.3) is 5.79 Å². The number of carbonyl (C=O) groups is 1. The summed E-state index contributed by atoms with van der Waals surface area (Å²) in [6.07, 6.45) is 2.86. The molecule has 0 aromatic heterocycles. The molecule has 1 aromatic rings. The van der Waals surface area contributed by atoms with Crippen molar-refractivity contribution in [2.75, 3.05) is 26.9 Å². The maximum absolute atomic E-state index is 11.6. The van der Waals surface area contributed by atoms with E-state index in [0.717, 1.165) is 30.5 Å². The number of hydrogen-bond acceptors (Lipinski definition) is 6. The molecule has 0 unspecified atom stereocenters. The topological polar surface area (TPSA) is 66.0 Å². The molecule has 0 aliphatic carbocycles. The first-order valence-electron chi connectivity index (χ1n) is 8.94. The third-order valence-electron chi connectivity index (χ3n) is 4.42. The van der Waals surface area contributed by atoms with Crippen molar-refractivity contribution in [3.8, 4) is 0 Å². The fourth-order valence-electron chi connectivity index (χ4n) is 2.75. The molecule has 1 saturated heterocycles. The number of ether oxygens (including phenoxy) is 3. The molecule has 0 atom stereocenters. The van der Waals surface area contributed by atoms with Crippen LogP contribution < -0.4 is 5.48 Å². The van der Waals surface area contributed by atoms with Gasteiger partial charge in [0.05, 0.1) is 32.6 Å². The Hall–Kier alpha value is -1.89. The molecule has 6 heteroatoms. The predicted octanol–water partition coefficient (Wildman–Crippen LogP) is 3.21. The third-order valence-corrected chi connectivity index (χ3v) is 4.42. The van der Waals surface area contributed by atoms with Gasteiger partial charge in [0.15, 0.2) is 0 Å². The van der Waals surface area contributed by atoms with Crippen LogP contribution in [0.5, 0.6) is 0 Å². The van der Waals surface area contributed by atoms with Crippen LogP contribution in [0.15, 0.2) is 30.8 Å². The molecule has 0 spiro atoms. The number of hydroxylamine groups is 1. The van der Waals surface area contributed by atoms with Crippen molar-refractivity contribution in [1.29, 1.82) is 0 Å². The molecule has 0 radical (unpaired) electrons. The Labute approximate surface area is 155 Å². The average molecular weight is 363 g/mol. The van der Waals surface area contributed by atoms with Gasteiger partial charge in [-0.2, -0.15) is 0 Å². The van der Waals surface area contributed by atoms with Crippen LogP contribution in [-0.4, -0.2) is 38.7 Å². The van der Waals surface area contributed by atoms with Crippen LogP contribution in [0.1, 0.15) is 37.3 Å². The van der Waals surface area contributed by atoms with E-state index in [2.05, 4.69) is 18.1 Å². The highest BCUT2D eigenvalue weighted by Crippen LogP contribution is 2.25. The zero-order chi connectivity index (χ0) is 19.0. The van der Waals surface area contributed by atoms with E-state index >= 15 is 0 Å². The summed E-state index contributed by atoms with van der Waals surface area (Å²) < 4.78 is 15.8. The highest BCUT2D eigenvalue weighted by atomic mass is 16.7. The van der Waals surface area contributed by atoms with Gasteiger partial charge in [-0.3, -0.25) is 10.3 Å². The first-order chi connectivity index (χ1) is 12.4. The second kappa shape index (κ2) is 9.71. The number of esters is 1. The number of benzene rings is 1. The van der Waals surface area contributed by atoms with Gasteiger partial charge in [-0.15, -0.1) is 0 Å². The van der Waals surface area contributed by atoms with E-state index in [9.17, 15) is 4.79 Å². The molecule has 6 nitrogen and oxygen atoms in total. The van der Waals surface area contributed by atoms with Crippen molar-refractivity contribution in [2.24, 2.45) is 5.92 Å². The van der Waals surface area contributed by atoms with Gasteiger partial charge in [0.1, 0.15) is 0 Å². The summed E-state index contributed by atoms with van der Waals surface area (Å²) in [5.41, 5.74) is 5.86. The Kier molecular flexibility index (Phi) is 7.63. The molecule has 1 N–H and O–H groups in total. The number of carbonyl (C=O) groups excluding carboxylic acids is 1. The molecule has 0 amide bonds. The smallest absolute Gasteiger partial charge is 0.366 e. The summed E-state index contributed by atoms with van der Waals surface area (Å²) in [4.78, 5) is 17.1. The zero-order valence-corrected chi connectivity index (χ0v) is 15.9. The molecule has 1 fully saturated rings. The normalized spacial score (nSPS) is 22.7. The van der Waals surface area contributed by atoms with Crippen molar-refractivity contribution < 1.29 is 23.8 Å². The molecule has 26 heavy (non-hydrogen) atoms. The van der Waals surface area contributed by atoms with Gasteiger partial charge in [-0.1, -0.05) is 36.8 Å². The number of rotatable bonds is 9. The van der Waals surface area contributed by atoms with Crippen molar-refractivity contribution in [2.45, 2.75) is 38.9 Å². The molecular weight excluding hydrogens is 334 g/mol. The Morgan fingerprint density at radius 3 is 2.73 bits per heavy atom. The molecule has 1 aliphatic heterocycles. The number of aryl methyl sites for hydroxylation is 1. The van der Waals surface area contributed by atoms with Crippen molar-refractivity contribution in [1.82, 2.24) is 5.48 Å². The first kappa shape index (κ1) is 20.4. The van der Waals surface area contributed by atoms with Crippen molar-refractivity contribution in [3.05, 3.63) is 42.0 Å². The quantitative estimate of drug-likeness (QED) is 0.413. The summed E-state index contributed by atoms with van der Waals surface area (Å²) in [6, 6.07) is 8.10. The lowest BCUT2D eigenvalue weighted by atomic mass is 10.0. The van der Waals surface area contributed by atoms with Crippen LogP contribution in [0.25, 0.3) is 5.70 Å². The second-order valence-corrected chi connectivity index (χ2v) is 6.72. The molecule has 0 saturated carbocycles. The summed E-state index contributed by atoms with van der Waals surface area (Å²) >= 11 is 0. The van der Waals surface area contributed by atoms with Crippen LogP contribution in [0, 0.1) is 12.8 Å². The lowest BCUT2D eigenvalue weighted by Crippen LogP contribution is -2.48. The van der Waals surface area contributed by atoms with Gasteiger partial charge >= 0.3 is 5.97 Å². The molecule has 2 rings (SSSR count). The number of unbranched alkanes of at least 4 members (excludes halogenated alkanes) is 1. The standard InChI is InChI=1S/C20H29NO5/c1-15-8-7-10-18(12-15)16(2)21-26-11-6-5-9-17-13-24-20(3,25-14-17)19(22)23-4/h7-8,10,12,17,21H,2,5-6,9,11,13-14H2,1,3-4H3. The first-order valence-corrected chi connectivity index (χ1v) is 8.94. The Balaban J connectivity index is 1.56. The highest BCUT2D eigenvalue weighted by molar-refractivity contribution is 5.77. The van der Waals surface area contributed by atoms with E-state index in [1.807, 2.05) is 25.1 Å². The Bertz CT molecular complexity index is 608. The van der Waals surface area contributed by atoms with Crippen LogP contribution in [0.2, 0.25) is 0 Å². The van der Waals surface area contributed by atoms with E-state index < -0.39 is 11.8 Å². The van der Waals surface area contributed by atoms with Crippen molar-refractivity contribution >= 4 is 11.7 Å². The second-order valence-electron chi connectivity index (χ2n) is 6.72. The predicted molar refractivity (Wildman–Crippen MR) is 99.0 cm³/mol. The lowest BCUT2D eigenvalue weighted by molar-refractivity contribution is -0.272. The van der Waals surface area contributed by atoms with Crippen molar-refractivity contribution in [3.63, 3.8) is 0 Å². The lowest BCUT2D eigenvalue weighted by Gasteiger charge is -2.35. The minimum Gasteiger partial charge on any atom is -0.465 e. The van der Waals surface area contributed by atoms with E-state index in [-0.39, 0.29) is 5.92 Å². The van der Waals surface area contributed by atoms with E-state index in [0.29, 0.717) is 19.8 Å². The van der Waals surface area contributed by atoms with Crippen LogP contribution in [0.4, 0.5) is 0 Å². The molecule has 1 aliphatic rings. The van der Waals surface area contributed by atoms with Gasteiger partial charge in [-0.05, 0) is 31.4 Å². The summed E-state index contributed by atoms with van der Waals surface area (Å²) in [5, 5.41) is 0. The monoisotopic (exact) mass is 363 g/mol. The number of hydrogen-bond donors (Lipinski definition) is 1. The fourth-order valence-corrected chi connectivity index (χ4v) is 2.75. The van der Waals surface area contributed by atoms with Gasteiger partial charge in [0, 0.05) is 12.8 Å². The summed E-state index contributed by atoms with van der Waals surface area (Å²) in [5.74, 6) is -1.48. The summed E-state index contributed by atoms with van der Waals surface area (Å²) in [6.45, 7) is 9.21. The average Bonchev–Trinajstić information content (AvgIpc) is 2.65. The van der Waals surface area contributed by atoms with Crippen LogP contribution in [-0.2, 0) is 23.8 Å². The van der Waals surface area contributed by atoms with E-state index in [4.69, 9.17) is 19.0 Å². The van der Waals surface area contributed by atoms with Gasteiger partial charge < -0.3 is 14.2 Å². The molecule has 0 bridgehead atoms. The molecule has 144 valence electrons. The largest absolute Gasteiger partial charge is 0.465 e. The maximum Gasteiger partial charge on any atom is 0.366 e. The summed E-state index contributed by atoms with van der Waals surface area (Å²) in [7, 11) is 1.33. The number of nitrogens with one attached hydrogen (secondary N) is 1. The maximum atomic E-state index is 11.6. The van der Waals surface area contributed by atoms with Gasteiger partial charge in [-0.25, -0.2) is 4.79 Å². The van der Waals surface area contributed by atoms with Crippen LogP contribution in [0.3, 0.4) is 0 Å². The number of methoxy groups -OCH3 is 1. The van der Waals surface area contributed by atoms with E-state index in [1.165, 1.54) is 12.7 Å². The Morgan fingerprint density at radius 2 is 2.08 bits per heavy atom. The zero-order valence-electron chi connectivity index (χ0n) is 15.9. The molecular formula is C20H29NO5. The highest BCUT2D eigenvalue weighted by Gasteiger charge is 2.41. The Morgan fingerprint density at radius 1 is 1.35 bits per heavy atom. The van der Waals surface area contributed by atoms with E-state index in [1.54, 1.807) is 6.92 Å². The SMILES string of the molecule is C=C(NOCCCCC1COC(C)(C(=O)OC)OC1)c1cccc(C)c1. The fraction of sp³-hybridized carbons (Fsp3) is 0.550. The third kappa shape index (κ3) is 5.83. The van der Waals surface area contributed by atoms with Gasteiger partial charge in [0.2, 0.25) is 0 Å². The minimum absolute atomic E-state index is 0.281.